The van der Waals surface area contributed by atoms with Crippen LogP contribution in [-0.4, -0.2) is 77.7 Å². The number of nitrogens with zero attached hydrogens (tertiary/aromatic N) is 3. The maximum atomic E-state index is 12.3. The summed E-state index contributed by atoms with van der Waals surface area (Å²) in [5.74, 6) is -0.953. The highest BCUT2D eigenvalue weighted by molar-refractivity contribution is 5.80. The predicted molar refractivity (Wildman–Crippen MR) is 74.2 cm³/mol. The zero-order valence-corrected chi connectivity index (χ0v) is 12.0. The third-order valence-electron chi connectivity index (χ3n) is 4.09. The summed E-state index contributed by atoms with van der Waals surface area (Å²) in [6.07, 6.45) is 3.96. The van der Waals surface area contributed by atoms with E-state index in [1.54, 1.807) is 0 Å². The van der Waals surface area contributed by atoms with Gasteiger partial charge in [-0.1, -0.05) is 12.8 Å². The van der Waals surface area contributed by atoms with Gasteiger partial charge in [0.15, 0.2) is 0 Å². The molecular formula is C13H24N4O3. The molecule has 0 unspecified atom stereocenters. The average molecular weight is 284 g/mol. The molecule has 1 aliphatic carbocycles. The molecular weight excluding hydrogens is 260 g/mol. The number of hydrogen-bond acceptors (Lipinski definition) is 4. The fourth-order valence-electron chi connectivity index (χ4n) is 2.85. The van der Waals surface area contributed by atoms with Gasteiger partial charge in [0.1, 0.15) is 6.54 Å². The second kappa shape index (κ2) is 6.90. The molecule has 7 nitrogen and oxygen atoms in total. The Bertz CT molecular complexity index is 350. The summed E-state index contributed by atoms with van der Waals surface area (Å²) in [5.41, 5.74) is 2.85. The van der Waals surface area contributed by atoms with Gasteiger partial charge in [0.25, 0.3) is 0 Å². The first kappa shape index (κ1) is 15.1. The van der Waals surface area contributed by atoms with Gasteiger partial charge in [-0.25, -0.2) is 9.80 Å². The molecule has 0 aromatic carbocycles. The maximum absolute atomic E-state index is 12.3. The first-order chi connectivity index (χ1) is 9.56. The van der Waals surface area contributed by atoms with E-state index in [0.717, 1.165) is 51.9 Å². The lowest BCUT2D eigenvalue weighted by Gasteiger charge is -2.35. The summed E-state index contributed by atoms with van der Waals surface area (Å²) < 4.78 is 0. The van der Waals surface area contributed by atoms with Gasteiger partial charge in [0.05, 0.1) is 0 Å². The standard InChI is InChI=1S/C13H24N4O3/c1-15-6-8-16(9-7-15)14-13(20)17(10-12(18)19)11-4-2-3-5-11/h11H,2-10H2,1H3,(H,14,20)(H,18,19). The summed E-state index contributed by atoms with van der Waals surface area (Å²) in [6, 6.07) is -0.206. The fourth-order valence-corrected chi connectivity index (χ4v) is 2.85. The number of rotatable bonds is 4. The van der Waals surface area contributed by atoms with Crippen molar-refractivity contribution in [1.29, 1.82) is 0 Å². The number of amides is 2. The van der Waals surface area contributed by atoms with Gasteiger partial charge in [-0.3, -0.25) is 10.2 Å². The van der Waals surface area contributed by atoms with Crippen molar-refractivity contribution in [3.63, 3.8) is 0 Å². The number of carboxylic acid groups (broad SMARTS) is 1. The molecule has 1 saturated heterocycles. The van der Waals surface area contributed by atoms with E-state index < -0.39 is 5.97 Å². The molecule has 20 heavy (non-hydrogen) atoms. The lowest BCUT2D eigenvalue weighted by atomic mass is 10.2. The molecule has 1 aliphatic heterocycles. The lowest BCUT2D eigenvalue weighted by Crippen LogP contribution is -2.57. The number of aliphatic carboxylic acids is 1. The Labute approximate surface area is 119 Å². The number of carbonyl (C=O) groups excluding carboxylic acids is 1. The van der Waals surface area contributed by atoms with E-state index in [1.165, 1.54) is 4.90 Å². The second-order valence-electron chi connectivity index (χ2n) is 5.67. The molecule has 2 fully saturated rings. The minimum Gasteiger partial charge on any atom is -0.480 e. The summed E-state index contributed by atoms with van der Waals surface area (Å²) in [5, 5.41) is 10.9. The van der Waals surface area contributed by atoms with Crippen LogP contribution in [0.25, 0.3) is 0 Å². The maximum Gasteiger partial charge on any atom is 0.332 e. The SMILES string of the molecule is CN1CCN(NC(=O)N(CC(=O)O)C2CCCC2)CC1. The summed E-state index contributed by atoms with van der Waals surface area (Å²) in [7, 11) is 2.05. The molecule has 7 heteroatoms. The molecule has 2 rings (SSSR count). The summed E-state index contributed by atoms with van der Waals surface area (Å²) in [4.78, 5) is 27.0. The van der Waals surface area contributed by atoms with Crippen molar-refractivity contribution in [2.45, 2.75) is 31.7 Å². The van der Waals surface area contributed by atoms with Crippen LogP contribution in [0, 0.1) is 0 Å². The molecule has 2 amide bonds. The molecule has 2 aliphatic rings. The zero-order chi connectivity index (χ0) is 14.5. The second-order valence-corrected chi connectivity index (χ2v) is 5.67. The summed E-state index contributed by atoms with van der Waals surface area (Å²) >= 11 is 0. The van der Waals surface area contributed by atoms with Crippen molar-refractivity contribution in [2.75, 3.05) is 39.8 Å². The predicted octanol–water partition coefficient (Wildman–Crippen LogP) is 0.188. The Morgan fingerprint density at radius 3 is 2.35 bits per heavy atom. The van der Waals surface area contributed by atoms with Crippen molar-refractivity contribution in [3.05, 3.63) is 0 Å². The van der Waals surface area contributed by atoms with Crippen molar-refractivity contribution >= 4 is 12.0 Å². The fraction of sp³-hybridized carbons (Fsp3) is 0.846. The molecule has 0 radical (unpaired) electrons. The minimum absolute atomic E-state index is 0.0681. The highest BCUT2D eigenvalue weighted by Crippen LogP contribution is 2.23. The first-order valence-corrected chi connectivity index (χ1v) is 7.29. The Morgan fingerprint density at radius 1 is 1.20 bits per heavy atom. The number of piperazine rings is 1. The number of urea groups is 1. The normalized spacial score (nSPS) is 21.9. The van der Waals surface area contributed by atoms with Crippen LogP contribution in [0.5, 0.6) is 0 Å². The first-order valence-electron chi connectivity index (χ1n) is 7.29. The lowest BCUT2D eigenvalue weighted by molar-refractivity contribution is -0.138. The number of hydrazine groups is 1. The van der Waals surface area contributed by atoms with Gasteiger partial charge in [0.2, 0.25) is 0 Å². The zero-order valence-electron chi connectivity index (χ0n) is 12.0. The van der Waals surface area contributed by atoms with Crippen LogP contribution >= 0.6 is 0 Å². The van der Waals surface area contributed by atoms with E-state index in [0.29, 0.717) is 0 Å². The minimum atomic E-state index is -0.953. The number of nitrogens with one attached hydrogen (secondary N) is 1. The third-order valence-corrected chi connectivity index (χ3v) is 4.09. The van der Waals surface area contributed by atoms with Gasteiger partial charge in [0, 0.05) is 32.2 Å². The van der Waals surface area contributed by atoms with Gasteiger partial charge in [-0.05, 0) is 19.9 Å². The number of hydrogen-bond donors (Lipinski definition) is 2. The van der Waals surface area contributed by atoms with Gasteiger partial charge in [-0.15, -0.1) is 0 Å². The highest BCUT2D eigenvalue weighted by Gasteiger charge is 2.29. The van der Waals surface area contributed by atoms with E-state index >= 15 is 0 Å². The van der Waals surface area contributed by atoms with E-state index in [4.69, 9.17) is 5.11 Å². The van der Waals surface area contributed by atoms with Crippen LogP contribution in [0.2, 0.25) is 0 Å². The molecule has 1 heterocycles. The van der Waals surface area contributed by atoms with Crippen LogP contribution in [-0.2, 0) is 4.79 Å². The van der Waals surface area contributed by atoms with Crippen molar-refractivity contribution < 1.29 is 14.7 Å². The van der Waals surface area contributed by atoms with Crippen molar-refractivity contribution in [3.8, 4) is 0 Å². The largest absolute Gasteiger partial charge is 0.480 e. The number of likely N-dealkylation sites (N-methyl/N-ethyl adjacent to an activating group) is 1. The number of carbonyl (C=O) groups is 2. The third kappa shape index (κ3) is 4.08. The topological polar surface area (TPSA) is 76.1 Å². The molecule has 0 aromatic rings. The summed E-state index contributed by atoms with van der Waals surface area (Å²) in [6.45, 7) is 3.14. The monoisotopic (exact) mass is 284 g/mol. The number of carboxylic acids is 1. The Morgan fingerprint density at radius 2 is 1.80 bits per heavy atom. The Balaban J connectivity index is 1.90. The van der Waals surface area contributed by atoms with E-state index in [9.17, 15) is 9.59 Å². The average Bonchev–Trinajstić information content (AvgIpc) is 2.92. The quantitative estimate of drug-likeness (QED) is 0.770. The van der Waals surface area contributed by atoms with Gasteiger partial charge >= 0.3 is 12.0 Å². The van der Waals surface area contributed by atoms with Crippen LogP contribution < -0.4 is 5.43 Å². The van der Waals surface area contributed by atoms with E-state index in [2.05, 4.69) is 17.4 Å². The van der Waals surface area contributed by atoms with E-state index in [-0.39, 0.29) is 18.6 Å². The smallest absolute Gasteiger partial charge is 0.332 e. The molecule has 2 N–H and O–H groups in total. The molecule has 114 valence electrons. The molecule has 0 atom stereocenters. The highest BCUT2D eigenvalue weighted by atomic mass is 16.4. The van der Waals surface area contributed by atoms with Crippen LogP contribution in [0.15, 0.2) is 0 Å². The Hall–Kier alpha value is -1.34. The molecule has 0 aromatic heterocycles. The molecule has 0 spiro atoms. The van der Waals surface area contributed by atoms with Crippen LogP contribution in [0.4, 0.5) is 4.79 Å². The van der Waals surface area contributed by atoms with Gasteiger partial charge < -0.3 is 14.9 Å². The van der Waals surface area contributed by atoms with Crippen LogP contribution in [0.1, 0.15) is 25.7 Å². The molecule has 1 saturated carbocycles. The van der Waals surface area contributed by atoms with Crippen molar-refractivity contribution in [2.24, 2.45) is 0 Å². The van der Waals surface area contributed by atoms with Crippen LogP contribution in [0.3, 0.4) is 0 Å². The van der Waals surface area contributed by atoms with E-state index in [1.807, 2.05) is 5.01 Å². The van der Waals surface area contributed by atoms with Crippen molar-refractivity contribution in [1.82, 2.24) is 20.2 Å². The molecule has 0 bridgehead atoms. The Kier molecular flexibility index (Phi) is 5.19. The van der Waals surface area contributed by atoms with Gasteiger partial charge in [-0.2, -0.15) is 0 Å².